The molecule has 1 saturated heterocycles. The van der Waals surface area contributed by atoms with E-state index in [-0.39, 0.29) is 12.0 Å². The van der Waals surface area contributed by atoms with Crippen LogP contribution in [0.3, 0.4) is 0 Å². The van der Waals surface area contributed by atoms with Gasteiger partial charge in [-0.1, -0.05) is 0 Å². The molecule has 0 amide bonds. The second kappa shape index (κ2) is 5.99. The molecule has 2 unspecified atom stereocenters. The Morgan fingerprint density at radius 1 is 1.67 bits per heavy atom. The van der Waals surface area contributed by atoms with Gasteiger partial charge < -0.3 is 24.9 Å². The lowest BCUT2D eigenvalue weighted by atomic mass is 10.1. The highest BCUT2D eigenvalue weighted by Crippen LogP contribution is 2.10. The van der Waals surface area contributed by atoms with Crippen molar-refractivity contribution in [2.45, 2.75) is 12.6 Å². The number of hydrogen-bond donors (Lipinski definition) is 3. The third-order valence-corrected chi connectivity index (χ3v) is 3.08. The Kier molecular flexibility index (Phi) is 4.35. The first-order valence-corrected chi connectivity index (χ1v) is 5.96. The fraction of sp³-hybridized carbons (Fsp3) is 0.583. The van der Waals surface area contributed by atoms with Gasteiger partial charge in [-0.3, -0.25) is 0 Å². The van der Waals surface area contributed by atoms with E-state index in [0.717, 1.165) is 6.54 Å². The van der Waals surface area contributed by atoms with Crippen molar-refractivity contribution >= 4 is 5.97 Å². The average molecular weight is 254 g/mol. The van der Waals surface area contributed by atoms with Crippen molar-refractivity contribution in [3.63, 3.8) is 0 Å². The van der Waals surface area contributed by atoms with Gasteiger partial charge in [0.05, 0.1) is 25.3 Å². The van der Waals surface area contributed by atoms with E-state index < -0.39 is 5.97 Å². The van der Waals surface area contributed by atoms with Gasteiger partial charge in [-0.25, -0.2) is 4.79 Å². The molecule has 100 valence electrons. The molecule has 1 aliphatic rings. The number of β-amino-alcohol motifs (C(OH)–C–C–N with tert-alkyl or cyclic N) is 1. The number of ether oxygens (including phenoxy) is 1. The third-order valence-electron chi connectivity index (χ3n) is 3.08. The molecule has 1 fully saturated rings. The summed E-state index contributed by atoms with van der Waals surface area (Å²) >= 11 is 0. The Morgan fingerprint density at radius 3 is 3.17 bits per heavy atom. The van der Waals surface area contributed by atoms with Crippen LogP contribution in [0.25, 0.3) is 0 Å². The number of esters is 1. The molecular weight excluding hydrogens is 236 g/mol. The van der Waals surface area contributed by atoms with Gasteiger partial charge >= 0.3 is 5.97 Å². The zero-order valence-corrected chi connectivity index (χ0v) is 10.3. The Balaban J connectivity index is 1.76. The van der Waals surface area contributed by atoms with Crippen molar-refractivity contribution in [1.82, 2.24) is 10.6 Å². The SMILES string of the molecule is COC(=O)c1coc(CNCC2CNCC2O)c1. The number of rotatable bonds is 5. The zero-order chi connectivity index (χ0) is 13.0. The maximum atomic E-state index is 11.2. The maximum absolute atomic E-state index is 11.2. The molecule has 0 aromatic carbocycles. The summed E-state index contributed by atoms with van der Waals surface area (Å²) in [5.74, 6) is 0.497. The standard InChI is InChI=1S/C12H18N2O4/c1-17-12(16)8-2-10(18-7-8)5-13-3-9-4-14-6-11(9)15/h2,7,9,11,13-15H,3-6H2,1H3. The molecule has 18 heavy (non-hydrogen) atoms. The first-order valence-electron chi connectivity index (χ1n) is 5.96. The first kappa shape index (κ1) is 13.1. The quantitative estimate of drug-likeness (QED) is 0.628. The molecule has 2 atom stereocenters. The van der Waals surface area contributed by atoms with E-state index in [2.05, 4.69) is 15.4 Å². The van der Waals surface area contributed by atoms with Crippen molar-refractivity contribution in [3.8, 4) is 0 Å². The molecule has 1 aromatic heterocycles. The minimum Gasteiger partial charge on any atom is -0.467 e. The summed E-state index contributed by atoms with van der Waals surface area (Å²) in [4.78, 5) is 11.2. The first-order chi connectivity index (χ1) is 8.70. The van der Waals surface area contributed by atoms with Crippen molar-refractivity contribution in [2.75, 3.05) is 26.7 Å². The van der Waals surface area contributed by atoms with E-state index in [1.165, 1.54) is 13.4 Å². The molecule has 0 spiro atoms. The van der Waals surface area contributed by atoms with E-state index in [1.54, 1.807) is 6.07 Å². The molecular formula is C12H18N2O4. The Labute approximate surface area is 105 Å². The predicted octanol–water partition coefficient (Wildman–Crippen LogP) is -0.264. The normalized spacial score (nSPS) is 23.2. The number of carbonyl (C=O) groups excluding carboxylic acids is 1. The largest absolute Gasteiger partial charge is 0.467 e. The molecule has 0 aliphatic carbocycles. The molecule has 1 aliphatic heterocycles. The number of furan rings is 1. The van der Waals surface area contributed by atoms with Crippen LogP contribution in [0.4, 0.5) is 0 Å². The van der Waals surface area contributed by atoms with Crippen LogP contribution >= 0.6 is 0 Å². The summed E-state index contributed by atoms with van der Waals surface area (Å²) in [7, 11) is 1.34. The Morgan fingerprint density at radius 2 is 2.50 bits per heavy atom. The van der Waals surface area contributed by atoms with Crippen LogP contribution in [-0.2, 0) is 11.3 Å². The summed E-state index contributed by atoms with van der Waals surface area (Å²) in [6.45, 7) is 2.71. The van der Waals surface area contributed by atoms with E-state index >= 15 is 0 Å². The lowest BCUT2D eigenvalue weighted by Gasteiger charge is -2.13. The molecule has 0 bridgehead atoms. The van der Waals surface area contributed by atoms with E-state index in [1.807, 2.05) is 0 Å². The minimum atomic E-state index is -0.402. The van der Waals surface area contributed by atoms with Gasteiger partial charge in [-0.2, -0.15) is 0 Å². The van der Waals surface area contributed by atoms with Gasteiger partial charge in [-0.05, 0) is 6.07 Å². The zero-order valence-electron chi connectivity index (χ0n) is 10.3. The van der Waals surface area contributed by atoms with Gasteiger partial charge in [-0.15, -0.1) is 0 Å². The van der Waals surface area contributed by atoms with Crippen LogP contribution < -0.4 is 10.6 Å². The lowest BCUT2D eigenvalue weighted by molar-refractivity contribution is 0.0600. The summed E-state index contributed by atoms with van der Waals surface area (Å²) in [5, 5.41) is 15.9. The topological polar surface area (TPSA) is 83.7 Å². The van der Waals surface area contributed by atoms with Gasteiger partial charge in [0.1, 0.15) is 12.0 Å². The van der Waals surface area contributed by atoms with E-state index in [0.29, 0.717) is 31.0 Å². The van der Waals surface area contributed by atoms with Gasteiger partial charge in [0.25, 0.3) is 0 Å². The molecule has 6 nitrogen and oxygen atoms in total. The van der Waals surface area contributed by atoms with Crippen LogP contribution in [0.2, 0.25) is 0 Å². The number of methoxy groups -OCH3 is 1. The predicted molar refractivity (Wildman–Crippen MR) is 64.1 cm³/mol. The molecule has 1 aromatic rings. The highest BCUT2D eigenvalue weighted by molar-refractivity contribution is 5.88. The lowest BCUT2D eigenvalue weighted by Crippen LogP contribution is -2.30. The van der Waals surface area contributed by atoms with Crippen molar-refractivity contribution in [2.24, 2.45) is 5.92 Å². The maximum Gasteiger partial charge on any atom is 0.341 e. The molecule has 6 heteroatoms. The highest BCUT2D eigenvalue weighted by atomic mass is 16.5. The van der Waals surface area contributed by atoms with Gasteiger partial charge in [0.15, 0.2) is 0 Å². The summed E-state index contributed by atoms with van der Waals surface area (Å²) < 4.78 is 9.83. The number of hydrogen-bond acceptors (Lipinski definition) is 6. The van der Waals surface area contributed by atoms with Crippen molar-refractivity contribution < 1.29 is 19.1 Å². The van der Waals surface area contributed by atoms with Gasteiger partial charge in [0, 0.05) is 25.6 Å². The molecule has 0 saturated carbocycles. The third kappa shape index (κ3) is 3.10. The highest BCUT2D eigenvalue weighted by Gasteiger charge is 2.24. The van der Waals surface area contributed by atoms with Crippen LogP contribution in [0.1, 0.15) is 16.1 Å². The van der Waals surface area contributed by atoms with E-state index in [9.17, 15) is 9.90 Å². The van der Waals surface area contributed by atoms with Crippen molar-refractivity contribution in [3.05, 3.63) is 23.7 Å². The number of aliphatic hydroxyl groups excluding tert-OH is 1. The van der Waals surface area contributed by atoms with E-state index in [4.69, 9.17) is 4.42 Å². The van der Waals surface area contributed by atoms with Crippen molar-refractivity contribution in [1.29, 1.82) is 0 Å². The summed E-state index contributed by atoms with van der Waals surface area (Å²) in [6, 6.07) is 1.65. The fourth-order valence-electron chi connectivity index (χ4n) is 2.01. The minimum absolute atomic E-state index is 0.222. The second-order valence-corrected chi connectivity index (χ2v) is 4.41. The average Bonchev–Trinajstić information content (AvgIpc) is 2.99. The molecule has 2 rings (SSSR count). The fourth-order valence-corrected chi connectivity index (χ4v) is 2.01. The van der Waals surface area contributed by atoms with Crippen LogP contribution in [0, 0.1) is 5.92 Å². The molecule has 0 radical (unpaired) electrons. The van der Waals surface area contributed by atoms with Gasteiger partial charge in [0.2, 0.25) is 0 Å². The van der Waals surface area contributed by atoms with Crippen LogP contribution in [-0.4, -0.2) is 43.9 Å². The smallest absolute Gasteiger partial charge is 0.341 e. The molecule has 3 N–H and O–H groups in total. The summed E-state index contributed by atoms with van der Waals surface area (Å²) in [5.41, 5.74) is 0.414. The monoisotopic (exact) mass is 254 g/mol. The number of nitrogens with one attached hydrogen (secondary N) is 2. The number of carbonyl (C=O) groups is 1. The summed E-state index contributed by atoms with van der Waals surface area (Å²) in [6.07, 6.45) is 1.09. The van der Waals surface area contributed by atoms with Crippen LogP contribution in [0.5, 0.6) is 0 Å². The Bertz CT molecular complexity index is 405. The van der Waals surface area contributed by atoms with Crippen LogP contribution in [0.15, 0.2) is 16.7 Å². The number of aliphatic hydroxyl groups is 1. The molecule has 2 heterocycles. The second-order valence-electron chi connectivity index (χ2n) is 4.41. The Hall–Kier alpha value is -1.37.